The molecule has 0 N–H and O–H groups in total. The lowest BCUT2D eigenvalue weighted by Crippen LogP contribution is -2.40. The highest BCUT2D eigenvalue weighted by molar-refractivity contribution is 6.19. The molecule has 0 bridgehead atoms. The van der Waals surface area contributed by atoms with Crippen molar-refractivity contribution in [2.75, 3.05) is 0 Å². The molecule has 5 heteroatoms. The van der Waals surface area contributed by atoms with Crippen LogP contribution in [0.2, 0.25) is 0 Å². The minimum Gasteiger partial charge on any atom is -0.309 e. The first-order chi connectivity index (χ1) is 31.7. The average molecular weight is 840 g/mol. The van der Waals surface area contributed by atoms with Gasteiger partial charge in [-0.2, -0.15) is 9.97 Å². The summed E-state index contributed by atoms with van der Waals surface area (Å²) in [6, 6.07) is 67.5. The molecular formula is C60H49N5. The van der Waals surface area contributed by atoms with Gasteiger partial charge in [-0.3, -0.25) is 4.57 Å². The summed E-state index contributed by atoms with van der Waals surface area (Å²) in [5, 5.41) is 4.71. The molecule has 5 nitrogen and oxygen atoms in total. The summed E-state index contributed by atoms with van der Waals surface area (Å²) in [6.07, 6.45) is 1.13. The summed E-state index contributed by atoms with van der Waals surface area (Å²) < 4.78 is 4.74. The molecule has 0 saturated carbocycles. The molecule has 3 heterocycles. The van der Waals surface area contributed by atoms with Gasteiger partial charge < -0.3 is 4.57 Å². The summed E-state index contributed by atoms with van der Waals surface area (Å²) in [4.78, 5) is 16.0. The Bertz CT molecular complexity index is 3650. The smallest absolute Gasteiger partial charge is 0.238 e. The molecule has 0 amide bonds. The third kappa shape index (κ3) is 6.09. The first-order valence-electron chi connectivity index (χ1n) is 22.8. The Morgan fingerprint density at radius 1 is 0.431 bits per heavy atom. The predicted molar refractivity (Wildman–Crippen MR) is 270 cm³/mol. The Balaban J connectivity index is 1.15. The van der Waals surface area contributed by atoms with Gasteiger partial charge >= 0.3 is 0 Å². The molecule has 0 saturated heterocycles. The normalized spacial score (nSPS) is 15.5. The van der Waals surface area contributed by atoms with Crippen molar-refractivity contribution in [2.24, 2.45) is 5.92 Å². The number of nitrogens with zero attached hydrogens (tertiary/aromatic N) is 5. The number of hydrogen-bond donors (Lipinski definition) is 0. The van der Waals surface area contributed by atoms with Gasteiger partial charge in [0.25, 0.3) is 0 Å². The van der Waals surface area contributed by atoms with Gasteiger partial charge in [-0.25, -0.2) is 4.98 Å². The van der Waals surface area contributed by atoms with E-state index in [0.717, 1.165) is 61.7 Å². The monoisotopic (exact) mass is 839 g/mol. The fraction of sp³-hybridized carbons (Fsp3) is 0.150. The minimum absolute atomic E-state index is 0.00546. The second kappa shape index (κ2) is 14.7. The van der Waals surface area contributed by atoms with Crippen LogP contribution in [0.25, 0.3) is 100 Å². The van der Waals surface area contributed by atoms with E-state index in [1.54, 1.807) is 0 Å². The molecule has 11 aromatic rings. The quantitative estimate of drug-likeness (QED) is 0.168. The highest BCUT2D eigenvalue weighted by Crippen LogP contribution is 2.53. The Morgan fingerprint density at radius 3 is 1.68 bits per heavy atom. The van der Waals surface area contributed by atoms with Crippen LogP contribution in [0.1, 0.15) is 52.2 Å². The van der Waals surface area contributed by atoms with Gasteiger partial charge in [0, 0.05) is 38.2 Å². The van der Waals surface area contributed by atoms with Crippen molar-refractivity contribution in [3.63, 3.8) is 0 Å². The van der Waals surface area contributed by atoms with Crippen LogP contribution in [-0.4, -0.2) is 24.1 Å². The van der Waals surface area contributed by atoms with Crippen molar-refractivity contribution >= 4 is 43.6 Å². The van der Waals surface area contributed by atoms with E-state index in [9.17, 15) is 0 Å². The van der Waals surface area contributed by atoms with Gasteiger partial charge in [0.1, 0.15) is 0 Å². The minimum atomic E-state index is 0.00546. The standard InChI is InChI=1S/C60H49N5/c1-38-37-59(2,3)55-45(30-20-31-49(55)60(38,4)5)42-26-14-17-32-50(42)64-51-33-18-15-27-43(51)47-35-48-44-28-16-19-34-52(44)65(54(48)36-53(47)64)58-62-56(40-23-10-7-11-24-40)61-57(63-58)46-29-13-12-25-41(46)39-21-8-6-9-22-39/h6-36,38H,37H2,1-5H3. The van der Waals surface area contributed by atoms with Crippen molar-refractivity contribution in [1.82, 2.24) is 24.1 Å². The first kappa shape index (κ1) is 39.0. The molecule has 12 rings (SSSR count). The third-order valence-corrected chi connectivity index (χ3v) is 14.5. The van der Waals surface area contributed by atoms with Crippen LogP contribution >= 0.6 is 0 Å². The number of fused-ring (bicyclic) bond motifs is 7. The van der Waals surface area contributed by atoms with E-state index in [1.165, 1.54) is 38.5 Å². The third-order valence-electron chi connectivity index (χ3n) is 14.5. The van der Waals surface area contributed by atoms with E-state index < -0.39 is 0 Å². The largest absolute Gasteiger partial charge is 0.309 e. The topological polar surface area (TPSA) is 48.5 Å². The van der Waals surface area contributed by atoms with E-state index in [-0.39, 0.29) is 10.8 Å². The summed E-state index contributed by atoms with van der Waals surface area (Å²) in [7, 11) is 0. The van der Waals surface area contributed by atoms with Crippen molar-refractivity contribution in [3.05, 3.63) is 199 Å². The van der Waals surface area contributed by atoms with Crippen LogP contribution in [0.4, 0.5) is 0 Å². The van der Waals surface area contributed by atoms with Gasteiger partial charge in [0.15, 0.2) is 11.6 Å². The van der Waals surface area contributed by atoms with Crippen LogP contribution in [0.3, 0.4) is 0 Å². The van der Waals surface area contributed by atoms with Crippen LogP contribution in [0, 0.1) is 5.92 Å². The Labute approximate surface area is 379 Å². The zero-order valence-electron chi connectivity index (χ0n) is 37.4. The van der Waals surface area contributed by atoms with Gasteiger partial charge in [-0.05, 0) is 81.3 Å². The average Bonchev–Trinajstić information content (AvgIpc) is 3.84. The molecule has 0 radical (unpaired) electrons. The van der Waals surface area contributed by atoms with Crippen LogP contribution < -0.4 is 0 Å². The maximum Gasteiger partial charge on any atom is 0.238 e. The molecule has 1 unspecified atom stereocenters. The lowest BCUT2D eigenvalue weighted by atomic mass is 9.57. The maximum absolute atomic E-state index is 5.42. The van der Waals surface area contributed by atoms with E-state index in [1.807, 2.05) is 24.3 Å². The highest BCUT2D eigenvalue weighted by atomic mass is 15.2. The first-order valence-corrected chi connectivity index (χ1v) is 22.8. The SMILES string of the molecule is CC1CC(C)(C)c2c(-c3ccccc3-n3c4ccccc4c4cc5c6ccccc6n(-c6nc(-c7ccccc7)nc(-c7ccccc7-c7ccccc7)n6)c5cc43)cccc2C1(C)C. The molecule has 314 valence electrons. The predicted octanol–water partition coefficient (Wildman–Crippen LogP) is 15.3. The van der Waals surface area contributed by atoms with Crippen LogP contribution in [0.5, 0.6) is 0 Å². The van der Waals surface area contributed by atoms with Crippen molar-refractivity contribution in [3.8, 4) is 56.7 Å². The zero-order valence-corrected chi connectivity index (χ0v) is 37.4. The Morgan fingerprint density at radius 2 is 0.969 bits per heavy atom. The van der Waals surface area contributed by atoms with Gasteiger partial charge in [-0.15, -0.1) is 0 Å². The van der Waals surface area contributed by atoms with Crippen LogP contribution in [0.15, 0.2) is 188 Å². The lowest BCUT2D eigenvalue weighted by molar-refractivity contribution is 0.234. The van der Waals surface area contributed by atoms with Gasteiger partial charge in [0.2, 0.25) is 5.95 Å². The van der Waals surface area contributed by atoms with Crippen molar-refractivity contribution in [1.29, 1.82) is 0 Å². The lowest BCUT2D eigenvalue weighted by Gasteiger charge is -2.47. The van der Waals surface area contributed by atoms with E-state index in [0.29, 0.717) is 23.5 Å². The van der Waals surface area contributed by atoms with Gasteiger partial charge in [0.05, 0.1) is 27.8 Å². The fourth-order valence-corrected chi connectivity index (χ4v) is 11.1. The summed E-state index contributed by atoms with van der Waals surface area (Å²) in [6.45, 7) is 12.2. The number of para-hydroxylation sites is 3. The van der Waals surface area contributed by atoms with E-state index >= 15 is 0 Å². The Hall–Kier alpha value is -7.63. The molecule has 65 heavy (non-hydrogen) atoms. The number of hydrogen-bond acceptors (Lipinski definition) is 3. The molecule has 0 spiro atoms. The number of aromatic nitrogens is 5. The molecule has 3 aromatic heterocycles. The second-order valence-corrected chi connectivity index (χ2v) is 19.1. The molecule has 1 aliphatic rings. The molecular weight excluding hydrogens is 791 g/mol. The molecule has 0 fully saturated rings. The fourth-order valence-electron chi connectivity index (χ4n) is 11.1. The highest BCUT2D eigenvalue weighted by Gasteiger charge is 2.43. The molecule has 1 atom stereocenters. The number of rotatable bonds is 6. The van der Waals surface area contributed by atoms with E-state index in [4.69, 9.17) is 15.0 Å². The molecule has 1 aliphatic carbocycles. The maximum atomic E-state index is 5.42. The van der Waals surface area contributed by atoms with Crippen LogP contribution in [-0.2, 0) is 10.8 Å². The summed E-state index contributed by atoms with van der Waals surface area (Å²) in [5.41, 5.74) is 15.1. The molecule has 0 aliphatic heterocycles. The summed E-state index contributed by atoms with van der Waals surface area (Å²) >= 11 is 0. The Kier molecular flexibility index (Phi) is 8.83. The van der Waals surface area contributed by atoms with Gasteiger partial charge in [-0.1, -0.05) is 192 Å². The summed E-state index contributed by atoms with van der Waals surface area (Å²) in [5.74, 6) is 2.37. The van der Waals surface area contributed by atoms with E-state index in [2.05, 4.69) is 208 Å². The van der Waals surface area contributed by atoms with Crippen molar-refractivity contribution in [2.45, 2.75) is 51.9 Å². The molecule has 8 aromatic carbocycles. The van der Waals surface area contributed by atoms with Crippen molar-refractivity contribution < 1.29 is 0 Å². The zero-order chi connectivity index (χ0) is 44.0. The number of benzene rings is 8. The second-order valence-electron chi connectivity index (χ2n) is 19.1.